The largest absolute Gasteiger partial charge is 0.311 e. The van der Waals surface area contributed by atoms with Gasteiger partial charge >= 0.3 is 0 Å². The van der Waals surface area contributed by atoms with Crippen LogP contribution in [-0.4, -0.2) is 0 Å². The van der Waals surface area contributed by atoms with Gasteiger partial charge in [0.2, 0.25) is 0 Å². The summed E-state index contributed by atoms with van der Waals surface area (Å²) in [5.74, 6) is 0. The second kappa shape index (κ2) is 14.8. The van der Waals surface area contributed by atoms with Crippen LogP contribution in [0.15, 0.2) is 109 Å². The van der Waals surface area contributed by atoms with E-state index in [9.17, 15) is 0 Å². The Hall–Kier alpha value is -4.10. The lowest BCUT2D eigenvalue weighted by molar-refractivity contribution is 0.480. The van der Waals surface area contributed by atoms with Crippen LogP contribution >= 0.6 is 0 Å². The van der Waals surface area contributed by atoms with Crippen LogP contribution in [0.2, 0.25) is 0 Å². The van der Waals surface area contributed by atoms with Gasteiger partial charge in [-0.25, -0.2) is 0 Å². The fourth-order valence-electron chi connectivity index (χ4n) is 7.57. The van der Waals surface area contributed by atoms with E-state index in [1.54, 1.807) is 0 Å². The Morgan fingerprint density at radius 2 is 1.00 bits per heavy atom. The van der Waals surface area contributed by atoms with E-state index in [4.69, 9.17) is 0 Å². The summed E-state index contributed by atoms with van der Waals surface area (Å²) in [5.41, 5.74) is 16.1. The number of anilines is 3. The molecule has 0 radical (unpaired) electrons. The van der Waals surface area contributed by atoms with Crippen molar-refractivity contribution in [2.75, 3.05) is 4.90 Å². The Balaban J connectivity index is 1.31. The Morgan fingerprint density at radius 1 is 0.489 bits per heavy atom. The highest BCUT2D eigenvalue weighted by molar-refractivity contribution is 5.85. The van der Waals surface area contributed by atoms with Crippen LogP contribution in [0.5, 0.6) is 0 Å². The van der Waals surface area contributed by atoms with E-state index in [2.05, 4.69) is 149 Å². The molecule has 1 unspecified atom stereocenters. The van der Waals surface area contributed by atoms with E-state index < -0.39 is 0 Å². The first-order chi connectivity index (χ1) is 22.9. The lowest BCUT2D eigenvalue weighted by Crippen LogP contribution is -2.21. The summed E-state index contributed by atoms with van der Waals surface area (Å²) in [6.45, 7) is 11.5. The molecule has 0 saturated carbocycles. The summed E-state index contributed by atoms with van der Waals surface area (Å²) in [6, 6.07) is 41.6. The third kappa shape index (κ3) is 7.10. The molecule has 1 aliphatic rings. The molecule has 0 saturated heterocycles. The first kappa shape index (κ1) is 32.8. The maximum Gasteiger partial charge on any atom is 0.0462 e. The molecule has 5 aromatic carbocycles. The van der Waals surface area contributed by atoms with Crippen molar-refractivity contribution in [3.05, 3.63) is 137 Å². The molecule has 0 amide bonds. The molecular formula is C46H53N. The van der Waals surface area contributed by atoms with Crippen LogP contribution < -0.4 is 4.90 Å². The van der Waals surface area contributed by atoms with E-state index >= 15 is 0 Å². The minimum Gasteiger partial charge on any atom is -0.311 e. The van der Waals surface area contributed by atoms with E-state index in [0.717, 1.165) is 6.42 Å². The highest BCUT2D eigenvalue weighted by Gasteiger charge is 2.39. The minimum atomic E-state index is 0.0446. The van der Waals surface area contributed by atoms with Gasteiger partial charge in [0.15, 0.2) is 0 Å². The number of fused-ring (bicyclic) bond motifs is 3. The average molecular weight is 620 g/mol. The molecule has 0 heterocycles. The molecule has 242 valence electrons. The maximum atomic E-state index is 2.50. The van der Waals surface area contributed by atoms with Crippen molar-refractivity contribution in [2.24, 2.45) is 0 Å². The molecule has 0 N–H and O–H groups in total. The van der Waals surface area contributed by atoms with Crippen LogP contribution in [0.1, 0.15) is 106 Å². The molecule has 6 rings (SSSR count). The summed E-state index contributed by atoms with van der Waals surface area (Å²) in [5, 5.41) is 0. The molecule has 1 aliphatic carbocycles. The lowest BCUT2D eigenvalue weighted by atomic mass is 9.75. The highest BCUT2D eigenvalue weighted by Crippen LogP contribution is 2.52. The van der Waals surface area contributed by atoms with E-state index in [1.165, 1.54) is 125 Å². The smallest absolute Gasteiger partial charge is 0.0462 e. The predicted octanol–water partition coefficient (Wildman–Crippen LogP) is 13.8. The minimum absolute atomic E-state index is 0.0446. The van der Waals surface area contributed by atoms with Gasteiger partial charge in [0.05, 0.1) is 0 Å². The third-order valence-corrected chi connectivity index (χ3v) is 10.5. The lowest BCUT2D eigenvalue weighted by Gasteiger charge is -2.28. The quantitative estimate of drug-likeness (QED) is 0.112. The zero-order chi connectivity index (χ0) is 32.8. The molecule has 0 aromatic heterocycles. The molecule has 1 atom stereocenters. The number of nitrogens with zero attached hydrogens (tertiary/aromatic N) is 1. The predicted molar refractivity (Wildman–Crippen MR) is 205 cm³/mol. The van der Waals surface area contributed by atoms with Crippen molar-refractivity contribution in [2.45, 2.75) is 104 Å². The molecule has 0 bridgehead atoms. The SMILES string of the molecule is CCCCCCCCC1(C)c2cc(C)ccc2-c2ccc(-c3ccc(N(c4ccc(C)cc4)c4ccc(CCCC)cc4)cc3)cc21. The van der Waals surface area contributed by atoms with Gasteiger partial charge in [-0.15, -0.1) is 0 Å². The van der Waals surface area contributed by atoms with Crippen molar-refractivity contribution in [1.82, 2.24) is 0 Å². The van der Waals surface area contributed by atoms with Gasteiger partial charge in [-0.05, 0) is 115 Å². The zero-order valence-electron chi connectivity index (χ0n) is 29.4. The van der Waals surface area contributed by atoms with Crippen molar-refractivity contribution in [3.63, 3.8) is 0 Å². The molecule has 0 fully saturated rings. The number of hydrogen-bond acceptors (Lipinski definition) is 1. The second-order valence-corrected chi connectivity index (χ2v) is 14.1. The fourth-order valence-corrected chi connectivity index (χ4v) is 7.57. The summed E-state index contributed by atoms with van der Waals surface area (Å²) >= 11 is 0. The summed E-state index contributed by atoms with van der Waals surface area (Å²) in [7, 11) is 0. The van der Waals surface area contributed by atoms with E-state index in [0.29, 0.717) is 0 Å². The number of benzene rings is 5. The Morgan fingerprint density at radius 3 is 1.66 bits per heavy atom. The van der Waals surface area contributed by atoms with E-state index in [1.807, 2.05) is 0 Å². The van der Waals surface area contributed by atoms with Crippen molar-refractivity contribution < 1.29 is 0 Å². The molecular weight excluding hydrogens is 567 g/mol. The molecule has 0 spiro atoms. The van der Waals surface area contributed by atoms with Crippen LogP contribution in [0.25, 0.3) is 22.3 Å². The van der Waals surface area contributed by atoms with Crippen LogP contribution in [0, 0.1) is 13.8 Å². The first-order valence-corrected chi connectivity index (χ1v) is 18.2. The molecule has 1 nitrogen and oxygen atoms in total. The third-order valence-electron chi connectivity index (χ3n) is 10.5. The fraction of sp³-hybridized carbons (Fsp3) is 0.348. The molecule has 1 heteroatoms. The van der Waals surface area contributed by atoms with Crippen molar-refractivity contribution >= 4 is 17.1 Å². The first-order valence-electron chi connectivity index (χ1n) is 18.2. The topological polar surface area (TPSA) is 3.24 Å². The number of rotatable bonds is 14. The van der Waals surface area contributed by atoms with Crippen LogP contribution in [0.3, 0.4) is 0 Å². The summed E-state index contributed by atoms with van der Waals surface area (Å²) in [4.78, 5) is 2.38. The Kier molecular flexibility index (Phi) is 10.3. The van der Waals surface area contributed by atoms with Gasteiger partial charge in [0.25, 0.3) is 0 Å². The molecule has 47 heavy (non-hydrogen) atoms. The molecule has 5 aromatic rings. The maximum absolute atomic E-state index is 2.50. The Bertz CT molecular complexity index is 1760. The normalized spacial score (nSPS) is 15.0. The van der Waals surface area contributed by atoms with Gasteiger partial charge in [-0.1, -0.05) is 144 Å². The average Bonchev–Trinajstić information content (AvgIpc) is 3.33. The summed E-state index contributed by atoms with van der Waals surface area (Å²) in [6.07, 6.45) is 12.8. The van der Waals surface area contributed by atoms with Crippen molar-refractivity contribution in [3.8, 4) is 22.3 Å². The molecule has 0 aliphatic heterocycles. The van der Waals surface area contributed by atoms with Crippen LogP contribution in [0.4, 0.5) is 17.1 Å². The number of hydrogen-bond donors (Lipinski definition) is 0. The zero-order valence-corrected chi connectivity index (χ0v) is 29.4. The van der Waals surface area contributed by atoms with Gasteiger partial charge in [-0.2, -0.15) is 0 Å². The van der Waals surface area contributed by atoms with Crippen LogP contribution in [-0.2, 0) is 11.8 Å². The van der Waals surface area contributed by atoms with Gasteiger partial charge < -0.3 is 4.90 Å². The van der Waals surface area contributed by atoms with Gasteiger partial charge in [-0.3, -0.25) is 0 Å². The summed E-state index contributed by atoms with van der Waals surface area (Å²) < 4.78 is 0. The van der Waals surface area contributed by atoms with E-state index in [-0.39, 0.29) is 5.41 Å². The Labute approximate surface area is 284 Å². The number of unbranched alkanes of at least 4 members (excludes halogenated alkanes) is 6. The monoisotopic (exact) mass is 619 g/mol. The van der Waals surface area contributed by atoms with Gasteiger partial charge in [0, 0.05) is 22.5 Å². The highest BCUT2D eigenvalue weighted by atomic mass is 15.1. The standard InChI is InChI=1S/C46H53N/c1-6-8-10-11-12-13-31-46(5)44-32-35(4)17-29-42(44)43-30-22-38(33-45(43)46)37-20-27-41(28-21-37)47(39-23-15-34(3)16-24-39)40-25-18-36(19-26-40)14-9-7-2/h15-30,32-33H,6-14,31H2,1-5H3. The number of aryl methyl sites for hydroxylation is 3. The van der Waals surface area contributed by atoms with Gasteiger partial charge in [0.1, 0.15) is 0 Å². The van der Waals surface area contributed by atoms with Crippen molar-refractivity contribution in [1.29, 1.82) is 0 Å². The second-order valence-electron chi connectivity index (χ2n) is 14.1.